The van der Waals surface area contributed by atoms with Crippen LogP contribution >= 0.6 is 11.8 Å². The highest BCUT2D eigenvalue weighted by Crippen LogP contribution is 2.43. The molecule has 0 aromatic rings. The molecule has 3 atom stereocenters. The number of carbonyl (C=O) groups is 1. The van der Waals surface area contributed by atoms with Crippen LogP contribution in [0.3, 0.4) is 0 Å². The van der Waals surface area contributed by atoms with Crippen molar-refractivity contribution >= 4 is 18.0 Å². The molecule has 0 aromatic carbocycles. The van der Waals surface area contributed by atoms with Crippen LogP contribution < -0.4 is 0 Å². The van der Waals surface area contributed by atoms with E-state index in [1.165, 1.54) is 19.1 Å². The molecule has 2 nitrogen and oxygen atoms in total. The quantitative estimate of drug-likeness (QED) is 0.754. The van der Waals surface area contributed by atoms with E-state index >= 15 is 0 Å². The molecule has 1 heterocycles. The third-order valence-corrected chi connectivity index (χ3v) is 5.27. The van der Waals surface area contributed by atoms with E-state index < -0.39 is 0 Å². The van der Waals surface area contributed by atoms with E-state index in [1.54, 1.807) is 0 Å². The molecule has 0 bridgehead atoms. The molecule has 1 aliphatic heterocycles. The van der Waals surface area contributed by atoms with Crippen molar-refractivity contribution in [2.24, 2.45) is 5.92 Å². The monoisotopic (exact) mass is 228 g/mol. The maximum atomic E-state index is 11.2. The van der Waals surface area contributed by atoms with Crippen LogP contribution in [0.15, 0.2) is 0 Å². The van der Waals surface area contributed by atoms with Gasteiger partial charge in [0.05, 0.1) is 10.9 Å². The van der Waals surface area contributed by atoms with E-state index in [2.05, 4.69) is 0 Å². The zero-order chi connectivity index (χ0) is 10.7. The molecule has 0 radical (unpaired) electrons. The van der Waals surface area contributed by atoms with Crippen molar-refractivity contribution in [3.63, 3.8) is 0 Å². The summed E-state index contributed by atoms with van der Waals surface area (Å²) in [4.78, 5) is 11.2. The summed E-state index contributed by atoms with van der Waals surface area (Å²) in [6, 6.07) is 0. The molecule has 0 amide bonds. The van der Waals surface area contributed by atoms with Crippen LogP contribution in [0.1, 0.15) is 44.9 Å². The molecule has 86 valence electrons. The molecular formula is C12H20O2S. The smallest absolute Gasteiger partial charge is 0.136 e. The highest BCUT2D eigenvalue weighted by atomic mass is 32.2. The summed E-state index contributed by atoms with van der Waals surface area (Å²) in [5.41, 5.74) is 0. The first-order chi connectivity index (χ1) is 7.24. The van der Waals surface area contributed by atoms with Crippen molar-refractivity contribution in [2.45, 2.75) is 55.8 Å². The SMILES string of the molecule is O=CC1(CC2CCCC(O)C2)CCCS1. The number of rotatable bonds is 3. The number of aliphatic hydroxyl groups is 1. The number of carbonyl (C=O) groups excluding carboxylic acids is 1. The second-order valence-corrected chi connectivity index (χ2v) is 6.54. The minimum atomic E-state index is -0.112. The summed E-state index contributed by atoms with van der Waals surface area (Å²) in [5.74, 6) is 1.71. The molecule has 1 aliphatic carbocycles. The topological polar surface area (TPSA) is 37.3 Å². The number of thioether (sulfide) groups is 1. The standard InChI is InChI=1S/C12H20O2S/c13-9-12(5-2-6-15-12)8-10-3-1-4-11(14)7-10/h9-11,14H,1-8H2. The van der Waals surface area contributed by atoms with Gasteiger partial charge in [-0.3, -0.25) is 0 Å². The molecule has 2 aliphatic rings. The Kier molecular flexibility index (Phi) is 3.73. The van der Waals surface area contributed by atoms with Gasteiger partial charge in [0, 0.05) is 0 Å². The summed E-state index contributed by atoms with van der Waals surface area (Å²) in [6.45, 7) is 0. The first kappa shape index (κ1) is 11.5. The van der Waals surface area contributed by atoms with Gasteiger partial charge in [0.25, 0.3) is 0 Å². The van der Waals surface area contributed by atoms with E-state index in [1.807, 2.05) is 11.8 Å². The van der Waals surface area contributed by atoms with Gasteiger partial charge < -0.3 is 9.90 Å². The summed E-state index contributed by atoms with van der Waals surface area (Å²) >= 11 is 1.84. The van der Waals surface area contributed by atoms with Crippen LogP contribution in [0, 0.1) is 5.92 Å². The van der Waals surface area contributed by atoms with E-state index in [0.717, 1.165) is 37.9 Å². The highest BCUT2D eigenvalue weighted by molar-refractivity contribution is 8.01. The van der Waals surface area contributed by atoms with Gasteiger partial charge in [-0.1, -0.05) is 12.8 Å². The fourth-order valence-corrected chi connectivity index (χ4v) is 4.36. The molecule has 1 saturated heterocycles. The van der Waals surface area contributed by atoms with Gasteiger partial charge in [0.1, 0.15) is 6.29 Å². The van der Waals surface area contributed by atoms with Gasteiger partial charge in [-0.15, -0.1) is 11.8 Å². The maximum absolute atomic E-state index is 11.2. The molecule has 2 fully saturated rings. The average molecular weight is 228 g/mol. The lowest BCUT2D eigenvalue weighted by atomic mass is 9.80. The van der Waals surface area contributed by atoms with Crippen LogP contribution in [-0.2, 0) is 4.79 Å². The fourth-order valence-electron chi connectivity index (χ4n) is 2.96. The van der Waals surface area contributed by atoms with Gasteiger partial charge in [0.15, 0.2) is 0 Å². The Morgan fingerprint density at radius 1 is 1.40 bits per heavy atom. The molecule has 0 aromatic heterocycles. The predicted molar refractivity (Wildman–Crippen MR) is 63.1 cm³/mol. The summed E-state index contributed by atoms with van der Waals surface area (Å²) in [5, 5.41) is 9.62. The van der Waals surface area contributed by atoms with Crippen LogP contribution in [0.2, 0.25) is 0 Å². The predicted octanol–water partition coefficient (Wildman–Crippen LogP) is 2.39. The van der Waals surface area contributed by atoms with Gasteiger partial charge in [-0.25, -0.2) is 0 Å². The Labute approximate surface area is 95.8 Å². The largest absolute Gasteiger partial charge is 0.393 e. The molecule has 3 unspecified atom stereocenters. The zero-order valence-corrected chi connectivity index (χ0v) is 9.97. The van der Waals surface area contributed by atoms with Crippen molar-refractivity contribution in [1.29, 1.82) is 0 Å². The van der Waals surface area contributed by atoms with Crippen molar-refractivity contribution in [2.75, 3.05) is 5.75 Å². The van der Waals surface area contributed by atoms with Crippen LogP contribution in [-0.4, -0.2) is 28.0 Å². The molecule has 0 spiro atoms. The fraction of sp³-hybridized carbons (Fsp3) is 0.917. The van der Waals surface area contributed by atoms with Crippen molar-refractivity contribution in [3.05, 3.63) is 0 Å². The molecule has 15 heavy (non-hydrogen) atoms. The Hall–Kier alpha value is -0.0200. The number of hydrogen-bond acceptors (Lipinski definition) is 3. The maximum Gasteiger partial charge on any atom is 0.136 e. The molecular weight excluding hydrogens is 208 g/mol. The Morgan fingerprint density at radius 3 is 2.87 bits per heavy atom. The van der Waals surface area contributed by atoms with Crippen molar-refractivity contribution in [3.8, 4) is 0 Å². The first-order valence-electron chi connectivity index (χ1n) is 6.02. The van der Waals surface area contributed by atoms with Gasteiger partial charge in [-0.2, -0.15) is 0 Å². The van der Waals surface area contributed by atoms with Crippen molar-refractivity contribution < 1.29 is 9.90 Å². The third kappa shape index (κ3) is 2.76. The summed E-state index contributed by atoms with van der Waals surface area (Å²) in [6.07, 6.45) is 8.49. The van der Waals surface area contributed by atoms with Gasteiger partial charge >= 0.3 is 0 Å². The molecule has 1 N–H and O–H groups in total. The second kappa shape index (κ2) is 4.88. The Balaban J connectivity index is 1.91. The Bertz CT molecular complexity index is 224. The van der Waals surface area contributed by atoms with Gasteiger partial charge in [-0.05, 0) is 43.8 Å². The van der Waals surface area contributed by atoms with E-state index in [4.69, 9.17) is 0 Å². The summed E-state index contributed by atoms with van der Waals surface area (Å²) < 4.78 is -0.0955. The molecule has 2 rings (SSSR count). The third-order valence-electron chi connectivity index (χ3n) is 3.74. The van der Waals surface area contributed by atoms with Crippen LogP contribution in [0.25, 0.3) is 0 Å². The summed E-state index contributed by atoms with van der Waals surface area (Å²) in [7, 11) is 0. The number of aldehydes is 1. The normalized spacial score (nSPS) is 41.7. The lowest BCUT2D eigenvalue weighted by Crippen LogP contribution is -2.30. The van der Waals surface area contributed by atoms with E-state index in [9.17, 15) is 9.90 Å². The Morgan fingerprint density at radius 2 is 2.27 bits per heavy atom. The zero-order valence-electron chi connectivity index (χ0n) is 9.15. The lowest BCUT2D eigenvalue weighted by molar-refractivity contribution is -0.110. The van der Waals surface area contributed by atoms with E-state index in [-0.39, 0.29) is 10.9 Å². The highest BCUT2D eigenvalue weighted by Gasteiger charge is 2.37. The second-order valence-electron chi connectivity index (χ2n) is 5.03. The van der Waals surface area contributed by atoms with E-state index in [0.29, 0.717) is 5.92 Å². The average Bonchev–Trinajstić information content (AvgIpc) is 2.67. The molecule has 1 saturated carbocycles. The minimum absolute atomic E-state index is 0.0955. The van der Waals surface area contributed by atoms with Gasteiger partial charge in [0.2, 0.25) is 0 Å². The lowest BCUT2D eigenvalue weighted by Gasteiger charge is -2.31. The molecule has 3 heteroatoms. The van der Waals surface area contributed by atoms with Crippen LogP contribution in [0.5, 0.6) is 0 Å². The number of hydrogen-bond donors (Lipinski definition) is 1. The minimum Gasteiger partial charge on any atom is -0.393 e. The number of aliphatic hydroxyl groups excluding tert-OH is 1. The van der Waals surface area contributed by atoms with Crippen LogP contribution in [0.4, 0.5) is 0 Å². The van der Waals surface area contributed by atoms with Crippen molar-refractivity contribution in [1.82, 2.24) is 0 Å². The first-order valence-corrected chi connectivity index (χ1v) is 7.01.